The van der Waals surface area contributed by atoms with Crippen LogP contribution in [0.2, 0.25) is 0 Å². The van der Waals surface area contributed by atoms with Crippen molar-refractivity contribution < 1.29 is 0 Å². The van der Waals surface area contributed by atoms with Crippen LogP contribution in [0.3, 0.4) is 0 Å². The zero-order chi connectivity index (χ0) is 14.7. The second-order valence-corrected chi connectivity index (χ2v) is 7.25. The van der Waals surface area contributed by atoms with Crippen molar-refractivity contribution in [1.29, 1.82) is 0 Å². The van der Waals surface area contributed by atoms with Gasteiger partial charge >= 0.3 is 0 Å². The highest BCUT2D eigenvalue weighted by molar-refractivity contribution is 5.41. The molecule has 0 heterocycles. The summed E-state index contributed by atoms with van der Waals surface area (Å²) in [4.78, 5) is 0. The molecule has 0 saturated carbocycles. The topological polar surface area (TPSA) is 38.0 Å². The molecular weight excluding hydrogens is 232 g/mol. The van der Waals surface area contributed by atoms with E-state index in [1.165, 1.54) is 5.56 Å². The Bertz CT molecular complexity index is 388. The third-order valence-corrected chi connectivity index (χ3v) is 4.40. The third kappa shape index (κ3) is 4.54. The molecule has 1 rings (SSSR count). The molecule has 3 N–H and O–H groups in total. The highest BCUT2D eigenvalue weighted by Crippen LogP contribution is 2.26. The van der Waals surface area contributed by atoms with Gasteiger partial charge in [0, 0.05) is 24.2 Å². The minimum atomic E-state index is 0.126. The van der Waals surface area contributed by atoms with Crippen LogP contribution >= 0.6 is 0 Å². The molecule has 108 valence electrons. The van der Waals surface area contributed by atoms with Gasteiger partial charge in [-0.25, -0.2) is 0 Å². The lowest BCUT2D eigenvalue weighted by Crippen LogP contribution is -2.40. The maximum atomic E-state index is 5.74. The molecule has 0 aliphatic heterocycles. The van der Waals surface area contributed by atoms with Gasteiger partial charge in [-0.05, 0) is 29.0 Å². The van der Waals surface area contributed by atoms with Gasteiger partial charge in [0.1, 0.15) is 0 Å². The molecule has 2 heteroatoms. The average Bonchev–Trinajstić information content (AvgIpc) is 2.28. The Morgan fingerprint density at radius 3 is 2.00 bits per heavy atom. The minimum Gasteiger partial charge on any atom is -0.399 e. The molecule has 0 unspecified atom stereocenters. The molecule has 0 amide bonds. The van der Waals surface area contributed by atoms with Gasteiger partial charge in [0.2, 0.25) is 0 Å². The van der Waals surface area contributed by atoms with Crippen molar-refractivity contribution in [3.05, 3.63) is 29.8 Å². The standard InChI is InChI=1S/C17H30N2/c1-13(2)16(3,4)11-19-12-17(5,6)14-7-9-15(18)10-8-14/h7-10,13,19H,11-12,18H2,1-6H3. The summed E-state index contributed by atoms with van der Waals surface area (Å²) in [7, 11) is 0. The van der Waals surface area contributed by atoms with E-state index in [2.05, 4.69) is 59.0 Å². The SMILES string of the molecule is CC(C)C(C)(C)CNCC(C)(C)c1ccc(N)cc1. The Kier molecular flexibility index (Phi) is 5.03. The monoisotopic (exact) mass is 262 g/mol. The molecule has 0 radical (unpaired) electrons. The van der Waals surface area contributed by atoms with Crippen LogP contribution in [0.15, 0.2) is 24.3 Å². The maximum absolute atomic E-state index is 5.74. The van der Waals surface area contributed by atoms with Crippen molar-refractivity contribution in [2.24, 2.45) is 11.3 Å². The summed E-state index contributed by atoms with van der Waals surface area (Å²) in [5.74, 6) is 0.680. The maximum Gasteiger partial charge on any atom is 0.0314 e. The molecule has 0 saturated heterocycles. The summed E-state index contributed by atoms with van der Waals surface area (Å²) in [6, 6.07) is 8.22. The van der Waals surface area contributed by atoms with Gasteiger partial charge in [0.05, 0.1) is 0 Å². The zero-order valence-electron chi connectivity index (χ0n) is 13.4. The second-order valence-electron chi connectivity index (χ2n) is 7.25. The van der Waals surface area contributed by atoms with Gasteiger partial charge in [-0.3, -0.25) is 0 Å². The van der Waals surface area contributed by atoms with Gasteiger partial charge in [-0.2, -0.15) is 0 Å². The van der Waals surface area contributed by atoms with E-state index < -0.39 is 0 Å². The van der Waals surface area contributed by atoms with Crippen LogP contribution in [0.4, 0.5) is 5.69 Å². The fraction of sp³-hybridized carbons (Fsp3) is 0.647. The molecule has 19 heavy (non-hydrogen) atoms. The van der Waals surface area contributed by atoms with Crippen LogP contribution in [0.5, 0.6) is 0 Å². The van der Waals surface area contributed by atoms with Crippen molar-refractivity contribution in [2.75, 3.05) is 18.8 Å². The molecule has 0 aliphatic rings. The van der Waals surface area contributed by atoms with Crippen LogP contribution in [0.1, 0.15) is 47.1 Å². The predicted octanol–water partition coefficient (Wildman–Crippen LogP) is 3.82. The molecule has 0 atom stereocenters. The summed E-state index contributed by atoms with van der Waals surface area (Å²) in [5, 5.41) is 3.63. The Balaban J connectivity index is 2.58. The predicted molar refractivity (Wildman–Crippen MR) is 85.4 cm³/mol. The fourth-order valence-corrected chi connectivity index (χ4v) is 1.94. The number of nitrogens with one attached hydrogen (secondary N) is 1. The van der Waals surface area contributed by atoms with Crippen molar-refractivity contribution in [1.82, 2.24) is 5.32 Å². The Morgan fingerprint density at radius 1 is 1.00 bits per heavy atom. The van der Waals surface area contributed by atoms with E-state index in [1.807, 2.05) is 12.1 Å². The summed E-state index contributed by atoms with van der Waals surface area (Å²) in [6.07, 6.45) is 0. The number of nitrogen functional groups attached to an aromatic ring is 1. The van der Waals surface area contributed by atoms with Gasteiger partial charge in [0.25, 0.3) is 0 Å². The molecule has 0 spiro atoms. The Morgan fingerprint density at radius 2 is 1.53 bits per heavy atom. The minimum absolute atomic E-state index is 0.126. The van der Waals surface area contributed by atoms with E-state index in [0.29, 0.717) is 11.3 Å². The molecule has 0 aromatic heterocycles. The molecular formula is C17H30N2. The number of hydrogen-bond acceptors (Lipinski definition) is 2. The number of anilines is 1. The average molecular weight is 262 g/mol. The molecule has 1 aromatic carbocycles. The van der Waals surface area contributed by atoms with Gasteiger partial charge in [-0.15, -0.1) is 0 Å². The quantitative estimate of drug-likeness (QED) is 0.765. The lowest BCUT2D eigenvalue weighted by Gasteiger charge is -2.32. The van der Waals surface area contributed by atoms with E-state index in [0.717, 1.165) is 18.8 Å². The van der Waals surface area contributed by atoms with Crippen molar-refractivity contribution in [3.63, 3.8) is 0 Å². The molecule has 1 aromatic rings. The summed E-state index contributed by atoms with van der Waals surface area (Å²) in [6.45, 7) is 15.8. The van der Waals surface area contributed by atoms with Crippen LogP contribution < -0.4 is 11.1 Å². The van der Waals surface area contributed by atoms with E-state index in [4.69, 9.17) is 5.73 Å². The number of nitrogens with two attached hydrogens (primary N) is 1. The van der Waals surface area contributed by atoms with Crippen LogP contribution in [0.25, 0.3) is 0 Å². The van der Waals surface area contributed by atoms with Crippen molar-refractivity contribution in [3.8, 4) is 0 Å². The van der Waals surface area contributed by atoms with E-state index in [1.54, 1.807) is 0 Å². The largest absolute Gasteiger partial charge is 0.399 e. The first-order valence-corrected chi connectivity index (χ1v) is 7.22. The number of hydrogen-bond donors (Lipinski definition) is 2. The van der Waals surface area contributed by atoms with Crippen molar-refractivity contribution in [2.45, 2.75) is 47.0 Å². The summed E-state index contributed by atoms with van der Waals surface area (Å²) < 4.78 is 0. The third-order valence-electron chi connectivity index (χ3n) is 4.40. The van der Waals surface area contributed by atoms with E-state index in [-0.39, 0.29) is 5.41 Å². The first-order valence-electron chi connectivity index (χ1n) is 7.22. The Labute approximate surface area is 118 Å². The number of rotatable bonds is 6. The van der Waals surface area contributed by atoms with Gasteiger partial charge < -0.3 is 11.1 Å². The van der Waals surface area contributed by atoms with Crippen LogP contribution in [-0.4, -0.2) is 13.1 Å². The first-order chi connectivity index (χ1) is 8.65. The number of benzene rings is 1. The van der Waals surface area contributed by atoms with Crippen LogP contribution in [-0.2, 0) is 5.41 Å². The normalized spacial score (nSPS) is 13.0. The van der Waals surface area contributed by atoms with Crippen LogP contribution in [0, 0.1) is 11.3 Å². The smallest absolute Gasteiger partial charge is 0.0314 e. The van der Waals surface area contributed by atoms with Gasteiger partial charge in [-0.1, -0.05) is 53.7 Å². The first kappa shape index (κ1) is 16.0. The summed E-state index contributed by atoms with van der Waals surface area (Å²) >= 11 is 0. The van der Waals surface area contributed by atoms with E-state index in [9.17, 15) is 0 Å². The molecule has 0 aliphatic carbocycles. The van der Waals surface area contributed by atoms with Crippen molar-refractivity contribution >= 4 is 5.69 Å². The lowest BCUT2D eigenvalue weighted by molar-refractivity contribution is 0.232. The molecule has 0 bridgehead atoms. The highest BCUT2D eigenvalue weighted by Gasteiger charge is 2.24. The van der Waals surface area contributed by atoms with E-state index >= 15 is 0 Å². The molecule has 2 nitrogen and oxygen atoms in total. The second kappa shape index (κ2) is 5.96. The van der Waals surface area contributed by atoms with Gasteiger partial charge in [0.15, 0.2) is 0 Å². The Hall–Kier alpha value is -1.02. The lowest BCUT2D eigenvalue weighted by atomic mass is 9.80. The highest BCUT2D eigenvalue weighted by atomic mass is 14.9. The zero-order valence-corrected chi connectivity index (χ0v) is 13.4. The molecule has 0 fully saturated rings. The summed E-state index contributed by atoms with van der Waals surface area (Å²) in [5.41, 5.74) is 8.36. The fourth-order valence-electron chi connectivity index (χ4n) is 1.94.